The van der Waals surface area contributed by atoms with Gasteiger partial charge < -0.3 is 9.67 Å². The van der Waals surface area contributed by atoms with Crippen molar-refractivity contribution < 1.29 is 9.90 Å². The molecule has 5 rings (SSSR count). The zero-order valence-corrected chi connectivity index (χ0v) is 25.9. The highest BCUT2D eigenvalue weighted by atomic mass is 32.2. The van der Waals surface area contributed by atoms with Crippen LogP contribution < -0.4 is 0 Å². The minimum Gasteiger partial charge on any atom is -0.387 e. The van der Waals surface area contributed by atoms with Gasteiger partial charge in [0.15, 0.2) is 8.24 Å². The summed E-state index contributed by atoms with van der Waals surface area (Å²) in [4.78, 5) is 14.9. The number of thioether (sulfide) groups is 1. The fourth-order valence-electron chi connectivity index (χ4n) is 5.40. The molecular weight excluding hydrogens is 535 g/mol. The van der Waals surface area contributed by atoms with Crippen molar-refractivity contribution >= 4 is 37.2 Å². The number of nitrogens with zero attached hydrogens (tertiary/aromatic N) is 1. The van der Waals surface area contributed by atoms with Gasteiger partial charge in [0.2, 0.25) is 5.91 Å². The molecule has 2 heterocycles. The summed E-state index contributed by atoms with van der Waals surface area (Å²) in [5.41, 5.74) is 3.48. The first-order valence-corrected chi connectivity index (χ1v) is 18.2. The molecule has 1 N–H and O–H groups in total. The summed E-state index contributed by atoms with van der Waals surface area (Å²) in [5.74, 6) is -0.443. The molecule has 4 aromatic rings. The monoisotopic (exact) mass is 571 g/mol. The van der Waals surface area contributed by atoms with Crippen molar-refractivity contribution in [3.63, 3.8) is 0 Å². The third-order valence-electron chi connectivity index (χ3n) is 8.54. The van der Waals surface area contributed by atoms with Gasteiger partial charge in [-0.15, -0.1) is 23.1 Å². The Labute approximate surface area is 242 Å². The minimum absolute atomic E-state index is 0.0325. The van der Waals surface area contributed by atoms with Crippen LogP contribution in [0, 0.1) is 5.92 Å². The third kappa shape index (κ3) is 4.82. The molecule has 202 valence electrons. The van der Waals surface area contributed by atoms with Gasteiger partial charge in [0, 0.05) is 4.88 Å². The van der Waals surface area contributed by atoms with Crippen molar-refractivity contribution in [2.24, 2.45) is 5.92 Å². The number of benzene rings is 3. The predicted molar refractivity (Wildman–Crippen MR) is 167 cm³/mol. The summed E-state index contributed by atoms with van der Waals surface area (Å²) in [7, 11) is -2.27. The van der Waals surface area contributed by atoms with Crippen LogP contribution in [0.3, 0.4) is 0 Å². The number of hydrogen-bond donors (Lipinski definition) is 1. The van der Waals surface area contributed by atoms with Crippen LogP contribution in [-0.2, 0) is 9.54 Å². The first-order valence-electron chi connectivity index (χ1n) is 13.5. The van der Waals surface area contributed by atoms with Crippen molar-refractivity contribution in [3.8, 4) is 0 Å². The maximum Gasteiger partial charge on any atom is 0.224 e. The van der Waals surface area contributed by atoms with E-state index in [-0.39, 0.29) is 16.3 Å². The van der Waals surface area contributed by atoms with Crippen LogP contribution >= 0.6 is 23.1 Å². The lowest BCUT2D eigenvalue weighted by Crippen LogP contribution is -2.73. The van der Waals surface area contributed by atoms with E-state index in [1.165, 1.54) is 11.3 Å². The highest BCUT2D eigenvalue weighted by Gasteiger charge is 2.61. The molecule has 0 saturated carbocycles. The van der Waals surface area contributed by atoms with E-state index in [2.05, 4.69) is 111 Å². The average Bonchev–Trinajstić information content (AvgIpc) is 3.47. The van der Waals surface area contributed by atoms with Gasteiger partial charge in [-0.1, -0.05) is 131 Å². The standard InChI is InChI=1S/C33H37NO2S2Si/c1-32(2,3)39(4,5)34-30(36)28(29(35)27-22-15-23-37-27)31(34)38-33(24-16-9-6-10-17-24,25-18-11-7-12-19-25)26-20-13-8-14-21-26/h6-23,28-29,31,35H,1-5H3. The zero-order chi connectivity index (χ0) is 27.8. The number of rotatable bonds is 8. The third-order valence-corrected chi connectivity index (χ3v) is 16.8. The van der Waals surface area contributed by atoms with Gasteiger partial charge in [-0.3, -0.25) is 4.79 Å². The lowest BCUT2D eigenvalue weighted by molar-refractivity contribution is -0.150. The van der Waals surface area contributed by atoms with Gasteiger partial charge in [0.05, 0.1) is 16.0 Å². The molecule has 1 aromatic heterocycles. The smallest absolute Gasteiger partial charge is 0.224 e. The number of thiophene rings is 1. The molecule has 0 radical (unpaired) electrons. The Morgan fingerprint density at radius 1 is 0.795 bits per heavy atom. The van der Waals surface area contributed by atoms with Crippen LogP contribution in [0.1, 0.15) is 48.4 Å². The van der Waals surface area contributed by atoms with E-state index in [1.807, 2.05) is 47.5 Å². The molecule has 1 aliphatic rings. The van der Waals surface area contributed by atoms with Crippen molar-refractivity contribution in [1.29, 1.82) is 0 Å². The van der Waals surface area contributed by atoms with Gasteiger partial charge in [-0.25, -0.2) is 0 Å². The molecule has 1 aliphatic heterocycles. The largest absolute Gasteiger partial charge is 0.387 e. The van der Waals surface area contributed by atoms with Crippen molar-refractivity contribution in [3.05, 3.63) is 130 Å². The van der Waals surface area contributed by atoms with Gasteiger partial charge in [-0.2, -0.15) is 0 Å². The van der Waals surface area contributed by atoms with E-state index in [9.17, 15) is 9.90 Å². The number of hydrogen-bond acceptors (Lipinski definition) is 4. The minimum atomic E-state index is -2.27. The summed E-state index contributed by atoms with van der Waals surface area (Å²) >= 11 is 3.33. The van der Waals surface area contributed by atoms with E-state index < -0.39 is 25.0 Å². The van der Waals surface area contributed by atoms with E-state index >= 15 is 0 Å². The van der Waals surface area contributed by atoms with Crippen molar-refractivity contribution in [2.75, 3.05) is 0 Å². The van der Waals surface area contributed by atoms with Gasteiger partial charge in [-0.05, 0) is 33.2 Å². The van der Waals surface area contributed by atoms with E-state index in [0.29, 0.717) is 0 Å². The molecule has 0 spiro atoms. The SMILES string of the molecule is CC(C)(C)[Si](C)(C)N1C(=O)C(C(O)c2cccs2)C1SC(c1ccccc1)(c1ccccc1)c1ccccc1. The second kappa shape index (κ2) is 10.7. The zero-order valence-electron chi connectivity index (χ0n) is 23.2. The van der Waals surface area contributed by atoms with Crippen LogP contribution in [-0.4, -0.2) is 29.2 Å². The second-order valence-electron chi connectivity index (χ2n) is 11.8. The molecule has 3 atom stereocenters. The fraction of sp³-hybridized carbons (Fsp3) is 0.303. The number of β-lactam (4-membered cyclic amide) rings is 1. The van der Waals surface area contributed by atoms with E-state index in [4.69, 9.17) is 0 Å². The highest BCUT2D eigenvalue weighted by molar-refractivity contribution is 8.01. The summed E-state index contributed by atoms with van der Waals surface area (Å²) in [6.07, 6.45) is -0.837. The second-order valence-corrected chi connectivity index (χ2v) is 19.2. The Kier molecular flexibility index (Phi) is 7.68. The quantitative estimate of drug-likeness (QED) is 0.131. The predicted octanol–water partition coefficient (Wildman–Crippen LogP) is 8.30. The topological polar surface area (TPSA) is 40.5 Å². The Morgan fingerprint density at radius 3 is 1.64 bits per heavy atom. The first-order chi connectivity index (χ1) is 18.6. The summed E-state index contributed by atoms with van der Waals surface area (Å²) < 4.78 is 1.60. The molecule has 3 nitrogen and oxygen atoms in total. The van der Waals surface area contributed by atoms with Gasteiger partial charge in [0.25, 0.3) is 0 Å². The Morgan fingerprint density at radius 2 is 1.26 bits per heavy atom. The summed E-state index contributed by atoms with van der Waals surface area (Å²) in [5, 5.41) is 13.4. The summed E-state index contributed by atoms with van der Waals surface area (Å²) in [6, 6.07) is 35.7. The van der Waals surface area contributed by atoms with E-state index in [0.717, 1.165) is 21.6 Å². The van der Waals surface area contributed by atoms with Gasteiger partial charge in [0.1, 0.15) is 6.10 Å². The van der Waals surface area contributed by atoms with Gasteiger partial charge >= 0.3 is 0 Å². The highest BCUT2D eigenvalue weighted by Crippen LogP contribution is 2.58. The molecule has 0 aliphatic carbocycles. The Balaban J connectivity index is 1.73. The molecular formula is C33H37NO2S2Si. The maximum atomic E-state index is 14.1. The molecule has 1 amide bonds. The van der Waals surface area contributed by atoms with Crippen molar-refractivity contribution in [2.45, 2.75) is 55.1 Å². The normalized spacial score (nSPS) is 19.0. The van der Waals surface area contributed by atoms with Crippen LogP contribution in [0.5, 0.6) is 0 Å². The number of aliphatic hydroxyl groups is 1. The van der Waals surface area contributed by atoms with Crippen molar-refractivity contribution in [1.82, 2.24) is 4.57 Å². The average molecular weight is 572 g/mol. The Hall–Kier alpha value is -2.64. The van der Waals surface area contributed by atoms with Crippen LogP contribution in [0.25, 0.3) is 0 Å². The number of aliphatic hydroxyl groups excluding tert-OH is 1. The molecule has 6 heteroatoms. The molecule has 1 saturated heterocycles. The van der Waals surface area contributed by atoms with Crippen LogP contribution in [0.2, 0.25) is 18.1 Å². The van der Waals surface area contributed by atoms with Crippen LogP contribution in [0.4, 0.5) is 0 Å². The lowest BCUT2D eigenvalue weighted by atomic mass is 9.84. The maximum absolute atomic E-state index is 14.1. The van der Waals surface area contributed by atoms with Crippen LogP contribution in [0.15, 0.2) is 109 Å². The Bertz CT molecular complexity index is 1290. The number of carbonyl (C=O) groups is 1. The molecule has 3 unspecified atom stereocenters. The molecule has 3 aromatic carbocycles. The number of carbonyl (C=O) groups excluding carboxylic acids is 1. The summed E-state index contributed by atoms with van der Waals surface area (Å²) in [6.45, 7) is 11.3. The van der Waals surface area contributed by atoms with E-state index in [1.54, 1.807) is 0 Å². The molecule has 39 heavy (non-hydrogen) atoms. The number of amides is 1. The first kappa shape index (κ1) is 27.9. The molecule has 1 fully saturated rings. The lowest BCUT2D eigenvalue weighted by Gasteiger charge is -2.60. The fourth-order valence-corrected chi connectivity index (χ4v) is 11.1. The molecule has 0 bridgehead atoms.